The van der Waals surface area contributed by atoms with Gasteiger partial charge in [0.25, 0.3) is 0 Å². The highest BCUT2D eigenvalue weighted by atomic mass is 16.7. The number of rotatable bonds is 4. The highest BCUT2D eigenvalue weighted by Crippen LogP contribution is 2.21. The Morgan fingerprint density at radius 1 is 1.38 bits per heavy atom. The predicted molar refractivity (Wildman–Crippen MR) is 53.5 cm³/mol. The van der Waals surface area contributed by atoms with Gasteiger partial charge >= 0.3 is 0 Å². The van der Waals surface area contributed by atoms with Gasteiger partial charge in [-0.1, -0.05) is 26.0 Å². The number of hydrogen-bond donors (Lipinski definition) is 0. The SMILES string of the molecule is C=CC1(/C=C/CCC)OCCCO1. The third-order valence-corrected chi connectivity index (χ3v) is 2.03. The van der Waals surface area contributed by atoms with Crippen molar-refractivity contribution < 1.29 is 9.47 Å². The molecule has 0 saturated carbocycles. The first-order valence-electron chi connectivity index (χ1n) is 4.92. The van der Waals surface area contributed by atoms with Crippen LogP contribution in [0.15, 0.2) is 24.8 Å². The average Bonchev–Trinajstić information content (AvgIpc) is 2.20. The van der Waals surface area contributed by atoms with Crippen LogP contribution in [0.4, 0.5) is 0 Å². The highest BCUT2D eigenvalue weighted by Gasteiger charge is 2.27. The van der Waals surface area contributed by atoms with Gasteiger partial charge in [-0.2, -0.15) is 0 Å². The zero-order chi connectivity index (χ0) is 9.57. The lowest BCUT2D eigenvalue weighted by Crippen LogP contribution is -2.36. The van der Waals surface area contributed by atoms with E-state index < -0.39 is 5.79 Å². The smallest absolute Gasteiger partial charge is 0.207 e. The molecule has 0 atom stereocenters. The minimum atomic E-state index is -0.645. The molecular weight excluding hydrogens is 164 g/mol. The van der Waals surface area contributed by atoms with E-state index in [2.05, 4.69) is 19.6 Å². The Kier molecular flexibility index (Phi) is 4.19. The van der Waals surface area contributed by atoms with Gasteiger partial charge in [0, 0.05) is 0 Å². The summed E-state index contributed by atoms with van der Waals surface area (Å²) in [6, 6.07) is 0. The van der Waals surface area contributed by atoms with Crippen LogP contribution in [0.5, 0.6) is 0 Å². The zero-order valence-electron chi connectivity index (χ0n) is 8.29. The molecule has 0 aromatic rings. The molecule has 1 saturated heterocycles. The molecule has 74 valence electrons. The maximum absolute atomic E-state index is 5.53. The molecule has 1 aliphatic rings. The van der Waals surface area contributed by atoms with Crippen molar-refractivity contribution in [1.82, 2.24) is 0 Å². The van der Waals surface area contributed by atoms with Crippen molar-refractivity contribution in [2.75, 3.05) is 13.2 Å². The van der Waals surface area contributed by atoms with Crippen molar-refractivity contribution in [2.24, 2.45) is 0 Å². The first-order valence-corrected chi connectivity index (χ1v) is 4.92. The van der Waals surface area contributed by atoms with Crippen molar-refractivity contribution in [2.45, 2.75) is 32.0 Å². The molecule has 0 aromatic carbocycles. The second-order valence-electron chi connectivity index (χ2n) is 3.17. The van der Waals surface area contributed by atoms with Crippen molar-refractivity contribution >= 4 is 0 Å². The first kappa shape index (κ1) is 10.5. The number of ether oxygens (including phenoxy) is 2. The fraction of sp³-hybridized carbons (Fsp3) is 0.636. The Morgan fingerprint density at radius 3 is 2.62 bits per heavy atom. The summed E-state index contributed by atoms with van der Waals surface area (Å²) < 4.78 is 11.1. The summed E-state index contributed by atoms with van der Waals surface area (Å²) in [5.41, 5.74) is 0. The molecular formula is C11H18O2. The second-order valence-corrected chi connectivity index (χ2v) is 3.17. The van der Waals surface area contributed by atoms with Crippen LogP contribution in [-0.4, -0.2) is 19.0 Å². The number of allylic oxidation sites excluding steroid dienone is 1. The van der Waals surface area contributed by atoms with Gasteiger partial charge in [0.15, 0.2) is 0 Å². The molecule has 2 heteroatoms. The fourth-order valence-corrected chi connectivity index (χ4v) is 1.26. The molecule has 0 aliphatic carbocycles. The molecule has 0 aromatic heterocycles. The van der Waals surface area contributed by atoms with E-state index in [1.165, 1.54) is 0 Å². The fourth-order valence-electron chi connectivity index (χ4n) is 1.26. The average molecular weight is 182 g/mol. The quantitative estimate of drug-likeness (QED) is 0.622. The summed E-state index contributed by atoms with van der Waals surface area (Å²) in [4.78, 5) is 0. The van der Waals surface area contributed by atoms with Gasteiger partial charge < -0.3 is 9.47 Å². The van der Waals surface area contributed by atoms with Crippen LogP contribution < -0.4 is 0 Å². The van der Waals surface area contributed by atoms with Gasteiger partial charge in [-0.3, -0.25) is 0 Å². The van der Waals surface area contributed by atoms with Gasteiger partial charge in [-0.25, -0.2) is 0 Å². The van der Waals surface area contributed by atoms with Gasteiger partial charge in [-0.05, 0) is 25.0 Å². The predicted octanol–water partition coefficient (Wildman–Crippen LogP) is 2.66. The topological polar surface area (TPSA) is 18.5 Å². The van der Waals surface area contributed by atoms with Gasteiger partial charge in [-0.15, -0.1) is 0 Å². The van der Waals surface area contributed by atoms with Crippen LogP contribution in [0.25, 0.3) is 0 Å². The molecule has 0 amide bonds. The first-order chi connectivity index (χ1) is 6.33. The summed E-state index contributed by atoms with van der Waals surface area (Å²) >= 11 is 0. The lowest BCUT2D eigenvalue weighted by atomic mass is 10.2. The summed E-state index contributed by atoms with van der Waals surface area (Å²) in [6.45, 7) is 7.39. The molecule has 0 N–H and O–H groups in total. The van der Waals surface area contributed by atoms with Crippen molar-refractivity contribution in [1.29, 1.82) is 0 Å². The maximum Gasteiger partial charge on any atom is 0.207 e. The van der Waals surface area contributed by atoms with E-state index in [4.69, 9.17) is 9.47 Å². The van der Waals surface area contributed by atoms with E-state index in [1.807, 2.05) is 6.08 Å². The maximum atomic E-state index is 5.53. The molecule has 1 heterocycles. The van der Waals surface area contributed by atoms with Crippen LogP contribution in [0.1, 0.15) is 26.2 Å². The third kappa shape index (κ3) is 2.98. The van der Waals surface area contributed by atoms with Crippen molar-refractivity contribution in [3.8, 4) is 0 Å². The Hall–Kier alpha value is -0.600. The van der Waals surface area contributed by atoms with E-state index in [0.29, 0.717) is 0 Å². The summed E-state index contributed by atoms with van der Waals surface area (Å²) in [7, 11) is 0. The van der Waals surface area contributed by atoms with Crippen LogP contribution in [0.3, 0.4) is 0 Å². The van der Waals surface area contributed by atoms with E-state index in [0.717, 1.165) is 32.5 Å². The lowest BCUT2D eigenvalue weighted by Gasteiger charge is -2.31. The van der Waals surface area contributed by atoms with Gasteiger partial charge in [0.1, 0.15) is 0 Å². The van der Waals surface area contributed by atoms with E-state index in [-0.39, 0.29) is 0 Å². The summed E-state index contributed by atoms with van der Waals surface area (Å²) in [6.07, 6.45) is 8.94. The normalized spacial score (nSPS) is 21.9. The number of hydrogen-bond acceptors (Lipinski definition) is 2. The molecule has 13 heavy (non-hydrogen) atoms. The molecule has 0 unspecified atom stereocenters. The third-order valence-electron chi connectivity index (χ3n) is 2.03. The van der Waals surface area contributed by atoms with Gasteiger partial charge in [0.05, 0.1) is 13.2 Å². The largest absolute Gasteiger partial charge is 0.343 e. The van der Waals surface area contributed by atoms with Crippen LogP contribution in [-0.2, 0) is 9.47 Å². The highest BCUT2D eigenvalue weighted by molar-refractivity contribution is 5.07. The van der Waals surface area contributed by atoms with E-state index in [1.54, 1.807) is 6.08 Å². The minimum Gasteiger partial charge on any atom is -0.343 e. The molecule has 2 nitrogen and oxygen atoms in total. The van der Waals surface area contributed by atoms with Crippen molar-refractivity contribution in [3.05, 3.63) is 24.8 Å². The van der Waals surface area contributed by atoms with Crippen LogP contribution in [0, 0.1) is 0 Å². The summed E-state index contributed by atoms with van der Waals surface area (Å²) in [5, 5.41) is 0. The molecule has 0 spiro atoms. The lowest BCUT2D eigenvalue weighted by molar-refractivity contribution is -0.205. The standard InChI is InChI=1S/C11H18O2/c1-3-5-6-8-11(4-2)12-9-7-10-13-11/h4,6,8H,2-3,5,7,9-10H2,1H3/b8-6+. The Bertz CT molecular complexity index is 179. The van der Waals surface area contributed by atoms with E-state index >= 15 is 0 Å². The summed E-state index contributed by atoms with van der Waals surface area (Å²) in [5.74, 6) is -0.645. The molecule has 1 rings (SSSR count). The minimum absolute atomic E-state index is 0.645. The number of unbranched alkanes of at least 4 members (excludes halogenated alkanes) is 1. The van der Waals surface area contributed by atoms with Crippen LogP contribution >= 0.6 is 0 Å². The second kappa shape index (κ2) is 5.20. The Morgan fingerprint density at radius 2 is 2.08 bits per heavy atom. The van der Waals surface area contributed by atoms with E-state index in [9.17, 15) is 0 Å². The van der Waals surface area contributed by atoms with Crippen molar-refractivity contribution in [3.63, 3.8) is 0 Å². The Labute approximate surface area is 80.2 Å². The molecule has 1 fully saturated rings. The molecule has 0 radical (unpaired) electrons. The Balaban J connectivity index is 2.51. The zero-order valence-corrected chi connectivity index (χ0v) is 8.29. The van der Waals surface area contributed by atoms with Crippen LogP contribution in [0.2, 0.25) is 0 Å². The molecule has 1 aliphatic heterocycles. The molecule has 0 bridgehead atoms. The monoisotopic (exact) mass is 182 g/mol. The van der Waals surface area contributed by atoms with Gasteiger partial charge in [0.2, 0.25) is 5.79 Å².